The number of pyridine rings is 1. The molecule has 2 aromatic rings. The smallest absolute Gasteiger partial charge is 0.0454 e. The van der Waals surface area contributed by atoms with Gasteiger partial charge in [0.2, 0.25) is 0 Å². The van der Waals surface area contributed by atoms with E-state index in [-0.39, 0.29) is 0 Å². The van der Waals surface area contributed by atoms with E-state index >= 15 is 0 Å². The predicted molar refractivity (Wildman–Crippen MR) is 53.9 cm³/mol. The third-order valence-electron chi connectivity index (χ3n) is 2.60. The summed E-state index contributed by atoms with van der Waals surface area (Å²) in [6, 6.07) is 6.42. The average molecular weight is 170 g/mol. The van der Waals surface area contributed by atoms with Gasteiger partial charge >= 0.3 is 0 Å². The van der Waals surface area contributed by atoms with Crippen LogP contribution >= 0.6 is 0 Å². The van der Waals surface area contributed by atoms with E-state index in [9.17, 15) is 0 Å². The highest BCUT2D eigenvalue weighted by atomic mass is 14.9. The van der Waals surface area contributed by atoms with E-state index in [1.807, 2.05) is 12.4 Å². The first kappa shape index (κ1) is 6.89. The Labute approximate surface area is 76.6 Å². The Morgan fingerprint density at radius 1 is 1.23 bits per heavy atom. The van der Waals surface area contributed by atoms with E-state index in [1.165, 1.54) is 22.0 Å². The van der Waals surface area contributed by atoms with Crippen LogP contribution in [0, 0.1) is 0 Å². The van der Waals surface area contributed by atoms with Crippen molar-refractivity contribution in [2.24, 2.45) is 0 Å². The normalized spacial score (nSPS) is 14.2. The van der Waals surface area contributed by atoms with Crippen LogP contribution in [0.25, 0.3) is 10.8 Å². The van der Waals surface area contributed by atoms with Gasteiger partial charge in [-0.2, -0.15) is 0 Å². The summed E-state index contributed by atoms with van der Waals surface area (Å²) >= 11 is 0. The van der Waals surface area contributed by atoms with Crippen molar-refractivity contribution in [2.75, 3.05) is 11.9 Å². The fourth-order valence-electron chi connectivity index (χ4n) is 1.95. The second-order valence-corrected chi connectivity index (χ2v) is 3.37. The Hall–Kier alpha value is -1.57. The Morgan fingerprint density at radius 3 is 3.23 bits per heavy atom. The fourth-order valence-corrected chi connectivity index (χ4v) is 1.95. The molecule has 2 heterocycles. The molecule has 3 rings (SSSR count). The molecule has 64 valence electrons. The number of nitrogens with zero attached hydrogens (tertiary/aromatic N) is 1. The number of benzene rings is 1. The van der Waals surface area contributed by atoms with Crippen LogP contribution in [0.5, 0.6) is 0 Å². The lowest BCUT2D eigenvalue weighted by Crippen LogP contribution is -1.91. The molecule has 1 aliphatic heterocycles. The molecule has 0 radical (unpaired) electrons. The fraction of sp³-hybridized carbons (Fsp3) is 0.182. The van der Waals surface area contributed by atoms with Gasteiger partial charge in [-0.1, -0.05) is 12.1 Å². The third-order valence-corrected chi connectivity index (χ3v) is 2.60. The minimum atomic E-state index is 1.07. The van der Waals surface area contributed by atoms with E-state index in [2.05, 4.69) is 28.5 Å². The van der Waals surface area contributed by atoms with Crippen molar-refractivity contribution >= 4 is 16.5 Å². The van der Waals surface area contributed by atoms with Crippen LogP contribution in [0.2, 0.25) is 0 Å². The number of aromatic nitrogens is 1. The summed E-state index contributed by atoms with van der Waals surface area (Å²) < 4.78 is 0. The number of hydrogen-bond acceptors (Lipinski definition) is 2. The monoisotopic (exact) mass is 170 g/mol. The highest BCUT2D eigenvalue weighted by molar-refractivity contribution is 5.95. The molecular weight excluding hydrogens is 160 g/mol. The predicted octanol–water partition coefficient (Wildman–Crippen LogP) is 2.20. The first-order valence-electron chi connectivity index (χ1n) is 4.54. The molecule has 1 aromatic heterocycles. The van der Waals surface area contributed by atoms with Crippen LogP contribution in [-0.2, 0) is 6.42 Å². The van der Waals surface area contributed by atoms with Crippen LogP contribution in [-0.4, -0.2) is 11.5 Å². The van der Waals surface area contributed by atoms with Gasteiger partial charge in [0.05, 0.1) is 0 Å². The molecule has 0 unspecified atom stereocenters. The zero-order valence-corrected chi connectivity index (χ0v) is 7.25. The maximum absolute atomic E-state index is 4.11. The highest BCUT2D eigenvalue weighted by Crippen LogP contribution is 2.30. The SMILES string of the molecule is c1cc2c3c(ccc2cn1)CCN3. The summed E-state index contributed by atoms with van der Waals surface area (Å²) in [6.07, 6.45) is 4.91. The quantitative estimate of drug-likeness (QED) is 0.655. The second-order valence-electron chi connectivity index (χ2n) is 3.37. The lowest BCUT2D eigenvalue weighted by Gasteiger charge is -2.04. The van der Waals surface area contributed by atoms with Crippen LogP contribution in [0.1, 0.15) is 5.56 Å². The summed E-state index contributed by atoms with van der Waals surface area (Å²) in [7, 11) is 0. The Bertz CT molecular complexity index is 463. The van der Waals surface area contributed by atoms with Crippen molar-refractivity contribution in [2.45, 2.75) is 6.42 Å². The van der Waals surface area contributed by atoms with E-state index in [0.29, 0.717) is 0 Å². The van der Waals surface area contributed by atoms with E-state index < -0.39 is 0 Å². The summed E-state index contributed by atoms with van der Waals surface area (Å²) in [4.78, 5) is 4.11. The van der Waals surface area contributed by atoms with Crippen molar-refractivity contribution in [1.29, 1.82) is 0 Å². The van der Waals surface area contributed by atoms with Crippen molar-refractivity contribution in [3.63, 3.8) is 0 Å². The maximum Gasteiger partial charge on any atom is 0.0454 e. The maximum atomic E-state index is 4.11. The molecule has 1 N–H and O–H groups in total. The zero-order valence-electron chi connectivity index (χ0n) is 7.25. The standard InChI is InChI=1S/C11H10N2/c1-2-9-7-12-5-4-10(9)11-8(1)3-6-13-11/h1-2,4-5,7,13H,3,6H2. The van der Waals surface area contributed by atoms with Crippen molar-refractivity contribution in [1.82, 2.24) is 4.98 Å². The van der Waals surface area contributed by atoms with Gasteiger partial charge in [-0.15, -0.1) is 0 Å². The minimum Gasteiger partial charge on any atom is -0.384 e. The molecule has 0 bridgehead atoms. The van der Waals surface area contributed by atoms with Gasteiger partial charge in [-0.3, -0.25) is 4.98 Å². The van der Waals surface area contributed by atoms with E-state index in [4.69, 9.17) is 0 Å². The summed E-state index contributed by atoms with van der Waals surface area (Å²) in [5, 5.41) is 5.93. The largest absolute Gasteiger partial charge is 0.384 e. The van der Waals surface area contributed by atoms with Crippen LogP contribution in [0.15, 0.2) is 30.6 Å². The summed E-state index contributed by atoms with van der Waals surface area (Å²) in [5.74, 6) is 0. The molecule has 0 saturated heterocycles. The number of hydrogen-bond donors (Lipinski definition) is 1. The van der Waals surface area contributed by atoms with Crippen LogP contribution in [0.3, 0.4) is 0 Å². The number of fused-ring (bicyclic) bond motifs is 3. The zero-order chi connectivity index (χ0) is 8.67. The molecule has 1 aliphatic rings. The molecule has 0 aliphatic carbocycles. The average Bonchev–Trinajstić information content (AvgIpc) is 2.65. The number of anilines is 1. The molecule has 0 atom stereocenters. The molecule has 0 saturated carbocycles. The minimum absolute atomic E-state index is 1.07. The molecule has 0 spiro atoms. The van der Waals surface area contributed by atoms with Crippen LogP contribution in [0.4, 0.5) is 5.69 Å². The van der Waals surface area contributed by atoms with Gasteiger partial charge in [-0.25, -0.2) is 0 Å². The second kappa shape index (κ2) is 2.46. The van der Waals surface area contributed by atoms with Gasteiger partial charge in [-0.05, 0) is 18.1 Å². The van der Waals surface area contributed by atoms with Gasteiger partial charge in [0.1, 0.15) is 0 Å². The molecule has 2 nitrogen and oxygen atoms in total. The molecule has 0 fully saturated rings. The third kappa shape index (κ3) is 0.917. The van der Waals surface area contributed by atoms with Gasteiger partial charge in [0, 0.05) is 35.4 Å². The van der Waals surface area contributed by atoms with Gasteiger partial charge in [0.25, 0.3) is 0 Å². The van der Waals surface area contributed by atoms with Crippen LogP contribution < -0.4 is 5.32 Å². The molecule has 13 heavy (non-hydrogen) atoms. The number of rotatable bonds is 0. The van der Waals surface area contributed by atoms with Crippen molar-refractivity contribution in [3.8, 4) is 0 Å². The number of nitrogens with one attached hydrogen (secondary N) is 1. The van der Waals surface area contributed by atoms with Crippen molar-refractivity contribution in [3.05, 3.63) is 36.2 Å². The van der Waals surface area contributed by atoms with Crippen molar-refractivity contribution < 1.29 is 0 Å². The molecule has 2 heteroatoms. The Balaban J connectivity index is 2.43. The Morgan fingerprint density at radius 2 is 2.23 bits per heavy atom. The lowest BCUT2D eigenvalue weighted by atomic mass is 10.1. The first-order valence-corrected chi connectivity index (χ1v) is 4.54. The summed E-state index contributed by atoms with van der Waals surface area (Å²) in [6.45, 7) is 1.07. The topological polar surface area (TPSA) is 24.9 Å². The highest BCUT2D eigenvalue weighted by Gasteiger charge is 2.11. The van der Waals surface area contributed by atoms with Gasteiger partial charge < -0.3 is 5.32 Å². The van der Waals surface area contributed by atoms with E-state index in [0.717, 1.165) is 13.0 Å². The molecular formula is C11H10N2. The first-order chi connectivity index (χ1) is 6.45. The Kier molecular flexibility index (Phi) is 1.30. The lowest BCUT2D eigenvalue weighted by molar-refractivity contribution is 1.11. The molecule has 0 amide bonds. The van der Waals surface area contributed by atoms with Gasteiger partial charge in [0.15, 0.2) is 0 Å². The summed E-state index contributed by atoms with van der Waals surface area (Å²) in [5.41, 5.74) is 2.73. The van der Waals surface area contributed by atoms with E-state index in [1.54, 1.807) is 0 Å². The molecule has 1 aromatic carbocycles.